The van der Waals surface area contributed by atoms with Gasteiger partial charge in [0.15, 0.2) is 9.84 Å². The number of halogens is 2. The van der Waals surface area contributed by atoms with Gasteiger partial charge in [0.25, 0.3) is 0 Å². The zero-order valence-electron chi connectivity index (χ0n) is 18.0. The molecule has 0 aliphatic carbocycles. The smallest absolute Gasteiger partial charge is 0.152 e. The topological polar surface area (TPSA) is 59.1 Å². The van der Waals surface area contributed by atoms with E-state index in [1.165, 1.54) is 24.3 Å². The highest BCUT2D eigenvalue weighted by Crippen LogP contribution is 2.12. The van der Waals surface area contributed by atoms with Gasteiger partial charge in [-0.15, -0.1) is 0 Å². The van der Waals surface area contributed by atoms with Gasteiger partial charge in [-0.3, -0.25) is 0 Å². The van der Waals surface area contributed by atoms with Crippen LogP contribution in [0.25, 0.3) is 0 Å². The minimum atomic E-state index is -3.20. The third kappa shape index (κ3) is 10.6. The zero-order valence-corrected chi connectivity index (χ0v) is 18.8. The van der Waals surface area contributed by atoms with Crippen LogP contribution in [0.2, 0.25) is 0 Å². The van der Waals surface area contributed by atoms with E-state index in [2.05, 4.69) is 0 Å². The van der Waals surface area contributed by atoms with Crippen molar-refractivity contribution in [3.8, 4) is 11.5 Å². The van der Waals surface area contributed by atoms with E-state index in [-0.39, 0.29) is 23.1 Å². The Bertz CT molecular complexity index is 844. The van der Waals surface area contributed by atoms with Gasteiger partial charge in [0.1, 0.15) is 36.3 Å². The molecule has 0 bridgehead atoms. The van der Waals surface area contributed by atoms with Crippen LogP contribution in [-0.4, -0.2) is 83.2 Å². The summed E-state index contributed by atoms with van der Waals surface area (Å²) >= 11 is 0. The van der Waals surface area contributed by atoms with Crippen molar-refractivity contribution in [2.24, 2.45) is 0 Å². The Balaban J connectivity index is 1.59. The summed E-state index contributed by atoms with van der Waals surface area (Å²) in [7, 11) is 0.438. The number of rotatable bonds is 14. The molecule has 2 rings (SSSR count). The quantitative estimate of drug-likeness (QED) is 0.436. The van der Waals surface area contributed by atoms with Crippen LogP contribution in [0, 0.1) is 11.6 Å². The highest BCUT2D eigenvalue weighted by Gasteiger charge is 2.14. The van der Waals surface area contributed by atoms with Gasteiger partial charge in [-0.25, -0.2) is 17.2 Å². The molecule has 9 heteroatoms. The molecule has 0 N–H and O–H groups in total. The molecule has 31 heavy (non-hydrogen) atoms. The second-order valence-electron chi connectivity index (χ2n) is 7.37. The first-order valence-electron chi connectivity index (χ1n) is 10.1. The molecule has 0 saturated carbocycles. The molecule has 0 saturated heterocycles. The number of likely N-dealkylation sites (N-methyl/N-ethyl adjacent to an activating group) is 2. The van der Waals surface area contributed by atoms with Gasteiger partial charge in [-0.1, -0.05) is 12.1 Å². The molecule has 0 aliphatic heterocycles. The van der Waals surface area contributed by atoms with E-state index in [0.29, 0.717) is 50.9 Å². The van der Waals surface area contributed by atoms with Crippen molar-refractivity contribution >= 4 is 9.84 Å². The first kappa shape index (κ1) is 25.0. The fraction of sp³-hybridized carbons (Fsp3) is 0.455. The molecule has 0 spiro atoms. The highest BCUT2D eigenvalue weighted by molar-refractivity contribution is 7.91. The van der Waals surface area contributed by atoms with Gasteiger partial charge in [-0.2, -0.15) is 0 Å². The van der Waals surface area contributed by atoms with Crippen LogP contribution in [-0.2, 0) is 9.84 Å². The van der Waals surface area contributed by atoms with Crippen LogP contribution in [0.15, 0.2) is 48.5 Å². The van der Waals surface area contributed by atoms with E-state index in [1.54, 1.807) is 24.3 Å². The maximum atomic E-state index is 13.1. The highest BCUT2D eigenvalue weighted by atomic mass is 32.2. The SMILES string of the molecule is CN(CCOc1cccc(F)c1)CCS(=O)(=O)CCN(C)CCOc1cccc(F)c1. The van der Waals surface area contributed by atoms with Gasteiger partial charge in [0, 0.05) is 38.3 Å². The summed E-state index contributed by atoms with van der Waals surface area (Å²) in [4.78, 5) is 3.74. The third-order valence-electron chi connectivity index (χ3n) is 4.64. The Morgan fingerprint density at radius 2 is 1.16 bits per heavy atom. The molecule has 6 nitrogen and oxygen atoms in total. The average Bonchev–Trinajstić information content (AvgIpc) is 2.71. The van der Waals surface area contributed by atoms with Gasteiger partial charge >= 0.3 is 0 Å². The average molecular weight is 457 g/mol. The van der Waals surface area contributed by atoms with Crippen molar-refractivity contribution in [1.82, 2.24) is 9.80 Å². The van der Waals surface area contributed by atoms with E-state index >= 15 is 0 Å². The molecule has 0 aliphatic rings. The molecular formula is C22H30F2N2O4S. The largest absolute Gasteiger partial charge is 0.492 e. The Kier molecular flexibility index (Phi) is 10.2. The molecule has 2 aromatic rings. The molecular weight excluding hydrogens is 426 g/mol. The number of ether oxygens (including phenoxy) is 2. The molecule has 0 amide bonds. The molecule has 0 radical (unpaired) electrons. The standard InChI is InChI=1S/C22H30F2N2O4S/c1-25(9-13-29-21-7-3-5-19(23)17-21)11-15-31(27,28)16-12-26(2)10-14-30-22-8-4-6-20(24)18-22/h3-8,17-18H,9-16H2,1-2H3. The van der Waals surface area contributed by atoms with E-state index in [4.69, 9.17) is 9.47 Å². The lowest BCUT2D eigenvalue weighted by Gasteiger charge is -2.19. The Morgan fingerprint density at radius 3 is 1.55 bits per heavy atom. The summed E-state index contributed by atoms with van der Waals surface area (Å²) in [5.41, 5.74) is 0. The first-order chi connectivity index (χ1) is 14.7. The number of nitrogens with zero attached hydrogens (tertiary/aromatic N) is 2. The normalized spacial score (nSPS) is 11.8. The fourth-order valence-electron chi connectivity index (χ4n) is 2.67. The molecule has 0 aromatic heterocycles. The van der Waals surface area contributed by atoms with Gasteiger partial charge in [0.2, 0.25) is 0 Å². The van der Waals surface area contributed by atoms with Crippen LogP contribution in [0.3, 0.4) is 0 Å². The number of hydrogen-bond acceptors (Lipinski definition) is 6. The lowest BCUT2D eigenvalue weighted by atomic mass is 10.3. The molecule has 0 heterocycles. The molecule has 2 aromatic carbocycles. The molecule has 0 fully saturated rings. The Morgan fingerprint density at radius 1 is 0.742 bits per heavy atom. The summed E-state index contributed by atoms with van der Waals surface area (Å²) in [5, 5.41) is 0. The molecule has 0 atom stereocenters. The van der Waals surface area contributed by atoms with Crippen LogP contribution in [0.1, 0.15) is 0 Å². The maximum absolute atomic E-state index is 13.1. The van der Waals surface area contributed by atoms with E-state index in [9.17, 15) is 17.2 Å². The third-order valence-corrected chi connectivity index (χ3v) is 6.25. The monoisotopic (exact) mass is 456 g/mol. The lowest BCUT2D eigenvalue weighted by molar-refractivity contribution is 0.242. The number of benzene rings is 2. The van der Waals surface area contributed by atoms with Gasteiger partial charge in [-0.05, 0) is 38.4 Å². The van der Waals surface area contributed by atoms with E-state index < -0.39 is 9.84 Å². The summed E-state index contributed by atoms with van der Waals surface area (Å²) in [6, 6.07) is 11.8. The molecule has 172 valence electrons. The lowest BCUT2D eigenvalue weighted by Crippen LogP contribution is -2.33. The zero-order chi connectivity index (χ0) is 22.7. The molecule has 0 unspecified atom stereocenters. The summed E-state index contributed by atoms with van der Waals surface area (Å²) < 4.78 is 61.8. The van der Waals surface area contributed by atoms with Crippen LogP contribution in [0.4, 0.5) is 8.78 Å². The Labute approximate surface area is 183 Å². The predicted octanol–water partition coefficient (Wildman–Crippen LogP) is 2.70. The summed E-state index contributed by atoms with van der Waals surface area (Å²) in [6.45, 7) is 2.53. The minimum Gasteiger partial charge on any atom is -0.492 e. The number of sulfone groups is 1. The van der Waals surface area contributed by atoms with Crippen molar-refractivity contribution in [1.29, 1.82) is 0 Å². The van der Waals surface area contributed by atoms with Gasteiger partial charge < -0.3 is 19.3 Å². The Hall–Kier alpha value is -2.23. The van der Waals surface area contributed by atoms with Crippen LogP contribution < -0.4 is 9.47 Å². The fourth-order valence-corrected chi connectivity index (χ4v) is 4.05. The van der Waals surface area contributed by atoms with Gasteiger partial charge in [0.05, 0.1) is 11.5 Å². The first-order valence-corrected chi connectivity index (χ1v) is 11.9. The second-order valence-corrected chi connectivity index (χ2v) is 9.67. The van der Waals surface area contributed by atoms with E-state index in [1.807, 2.05) is 23.9 Å². The van der Waals surface area contributed by atoms with Crippen molar-refractivity contribution in [2.75, 3.05) is 65.0 Å². The number of hydrogen-bond donors (Lipinski definition) is 0. The minimum absolute atomic E-state index is 0.0527. The maximum Gasteiger partial charge on any atom is 0.152 e. The van der Waals surface area contributed by atoms with Crippen LogP contribution >= 0.6 is 0 Å². The van der Waals surface area contributed by atoms with Crippen molar-refractivity contribution < 1.29 is 26.7 Å². The van der Waals surface area contributed by atoms with Crippen molar-refractivity contribution in [3.05, 3.63) is 60.2 Å². The van der Waals surface area contributed by atoms with E-state index in [0.717, 1.165) is 0 Å². The van der Waals surface area contributed by atoms with Crippen molar-refractivity contribution in [3.63, 3.8) is 0 Å². The summed E-state index contributed by atoms with van der Waals surface area (Å²) in [5.74, 6) is 0.287. The summed E-state index contributed by atoms with van der Waals surface area (Å²) in [6.07, 6.45) is 0. The second kappa shape index (κ2) is 12.6. The van der Waals surface area contributed by atoms with Crippen molar-refractivity contribution in [2.45, 2.75) is 0 Å². The van der Waals surface area contributed by atoms with Crippen LogP contribution in [0.5, 0.6) is 11.5 Å². The predicted molar refractivity (Wildman–Crippen MR) is 117 cm³/mol.